The van der Waals surface area contributed by atoms with Gasteiger partial charge in [-0.25, -0.2) is 9.78 Å². The van der Waals surface area contributed by atoms with Crippen molar-refractivity contribution < 1.29 is 9.53 Å². The normalized spacial score (nSPS) is 11.6. The molecule has 1 aromatic carbocycles. The first-order valence-electron chi connectivity index (χ1n) is 9.98. The Kier molecular flexibility index (Phi) is 5.52. The molecular formula is C22H24ClN7O2. The highest BCUT2D eigenvalue weighted by Gasteiger charge is 2.20. The molecule has 9 nitrogen and oxygen atoms in total. The van der Waals surface area contributed by atoms with Gasteiger partial charge in [0.1, 0.15) is 23.4 Å². The number of amides is 2. The number of aryl methyl sites for hydroxylation is 2. The van der Waals surface area contributed by atoms with Crippen LogP contribution in [0.5, 0.6) is 11.6 Å². The summed E-state index contributed by atoms with van der Waals surface area (Å²) >= 11 is 6.39. The first-order valence-corrected chi connectivity index (χ1v) is 10.4. The number of benzene rings is 1. The predicted octanol–water partition coefficient (Wildman–Crippen LogP) is 5.09. The third kappa shape index (κ3) is 4.38. The fourth-order valence-electron chi connectivity index (χ4n) is 3.15. The molecule has 4 aromatic rings. The number of nitrogens with one attached hydrogen (secondary N) is 2. The van der Waals surface area contributed by atoms with Gasteiger partial charge in [0, 0.05) is 37.8 Å². The summed E-state index contributed by atoms with van der Waals surface area (Å²) in [5.74, 6) is 1.49. The number of halogens is 1. The maximum absolute atomic E-state index is 12.5. The Labute approximate surface area is 190 Å². The van der Waals surface area contributed by atoms with Gasteiger partial charge in [-0.05, 0) is 18.2 Å². The van der Waals surface area contributed by atoms with E-state index in [-0.39, 0.29) is 5.41 Å². The molecule has 0 atom stereocenters. The van der Waals surface area contributed by atoms with Gasteiger partial charge in [-0.2, -0.15) is 10.1 Å². The number of ether oxygens (including phenoxy) is 1. The van der Waals surface area contributed by atoms with E-state index in [0.29, 0.717) is 28.2 Å². The first-order chi connectivity index (χ1) is 15.1. The Hall–Kier alpha value is -3.59. The van der Waals surface area contributed by atoms with Crippen LogP contribution in [0, 0.1) is 0 Å². The Balaban J connectivity index is 1.47. The van der Waals surface area contributed by atoms with Gasteiger partial charge in [-0.15, -0.1) is 0 Å². The molecular weight excluding hydrogens is 430 g/mol. The topological polar surface area (TPSA) is 98.9 Å². The number of anilines is 2. The van der Waals surface area contributed by atoms with E-state index in [1.807, 2.05) is 29.9 Å². The van der Waals surface area contributed by atoms with Crippen LogP contribution in [0.15, 0.2) is 42.9 Å². The van der Waals surface area contributed by atoms with Gasteiger partial charge in [0.05, 0.1) is 21.9 Å². The van der Waals surface area contributed by atoms with Gasteiger partial charge in [0.2, 0.25) is 5.88 Å². The Morgan fingerprint density at radius 2 is 1.88 bits per heavy atom. The number of carbonyl (C=O) groups excluding carboxylic acids is 1. The van der Waals surface area contributed by atoms with E-state index < -0.39 is 6.03 Å². The van der Waals surface area contributed by atoms with Gasteiger partial charge in [-0.1, -0.05) is 32.4 Å². The molecule has 0 aliphatic carbocycles. The lowest BCUT2D eigenvalue weighted by molar-refractivity contribution is 0.262. The summed E-state index contributed by atoms with van der Waals surface area (Å²) in [4.78, 5) is 21.0. The molecule has 0 saturated carbocycles. The number of nitrogens with zero attached hydrogens (tertiary/aromatic N) is 5. The second-order valence-corrected chi connectivity index (χ2v) is 8.86. The highest BCUT2D eigenvalue weighted by molar-refractivity contribution is 6.34. The van der Waals surface area contributed by atoms with Crippen LogP contribution in [0.25, 0.3) is 11.0 Å². The number of hydrogen-bond donors (Lipinski definition) is 2. The van der Waals surface area contributed by atoms with Gasteiger partial charge in [0.15, 0.2) is 0 Å². The van der Waals surface area contributed by atoms with Crippen LogP contribution < -0.4 is 15.4 Å². The first kappa shape index (κ1) is 21.6. The van der Waals surface area contributed by atoms with Crippen molar-refractivity contribution >= 4 is 40.2 Å². The zero-order valence-electron chi connectivity index (χ0n) is 18.5. The average Bonchev–Trinajstić information content (AvgIpc) is 3.28. The number of aromatic nitrogens is 5. The fraction of sp³-hybridized carbons (Fsp3) is 0.273. The molecule has 0 fully saturated rings. The number of fused-ring (bicyclic) bond motifs is 1. The number of carbonyl (C=O) groups is 1. The lowest BCUT2D eigenvalue weighted by Gasteiger charge is -2.13. The third-order valence-corrected chi connectivity index (χ3v) is 5.23. The SMILES string of the molecule is Cn1nc(C(C)(C)C)cc1NC(=O)Nc1ccc(Oc2ncnc3ccn(C)c23)cc1Cl. The van der Waals surface area contributed by atoms with Gasteiger partial charge >= 0.3 is 6.03 Å². The number of rotatable bonds is 4. The Morgan fingerprint density at radius 1 is 1.09 bits per heavy atom. The van der Waals surface area contributed by atoms with E-state index in [4.69, 9.17) is 16.3 Å². The van der Waals surface area contributed by atoms with E-state index >= 15 is 0 Å². The van der Waals surface area contributed by atoms with E-state index in [1.165, 1.54) is 6.33 Å². The molecule has 0 aliphatic rings. The lowest BCUT2D eigenvalue weighted by atomic mass is 9.92. The van der Waals surface area contributed by atoms with Gasteiger partial charge in [-0.3, -0.25) is 10.00 Å². The van der Waals surface area contributed by atoms with Gasteiger partial charge < -0.3 is 14.6 Å². The minimum absolute atomic E-state index is 0.123. The maximum Gasteiger partial charge on any atom is 0.324 e. The fourth-order valence-corrected chi connectivity index (χ4v) is 3.37. The molecule has 0 radical (unpaired) electrons. The highest BCUT2D eigenvalue weighted by Crippen LogP contribution is 2.32. The zero-order valence-corrected chi connectivity index (χ0v) is 19.2. The molecule has 2 amide bonds. The summed E-state index contributed by atoms with van der Waals surface area (Å²) in [5.41, 5.74) is 2.76. The third-order valence-electron chi connectivity index (χ3n) is 4.92. The van der Waals surface area contributed by atoms with Crippen molar-refractivity contribution in [2.24, 2.45) is 14.1 Å². The van der Waals surface area contributed by atoms with Crippen molar-refractivity contribution in [2.45, 2.75) is 26.2 Å². The number of hydrogen-bond acceptors (Lipinski definition) is 5. The summed E-state index contributed by atoms with van der Waals surface area (Å²) in [6, 6.07) is 8.31. The van der Waals surface area contributed by atoms with Gasteiger partial charge in [0.25, 0.3) is 0 Å². The lowest BCUT2D eigenvalue weighted by Crippen LogP contribution is -2.21. The van der Waals surface area contributed by atoms with Crippen LogP contribution in [-0.4, -0.2) is 30.3 Å². The second-order valence-electron chi connectivity index (χ2n) is 8.45. The van der Waals surface area contributed by atoms with Crippen LogP contribution in [-0.2, 0) is 19.5 Å². The van der Waals surface area contributed by atoms with Crippen molar-refractivity contribution in [1.29, 1.82) is 0 Å². The summed E-state index contributed by atoms with van der Waals surface area (Å²) in [5, 5.41) is 10.3. The Morgan fingerprint density at radius 3 is 2.56 bits per heavy atom. The summed E-state index contributed by atoms with van der Waals surface area (Å²) in [6.07, 6.45) is 3.33. The monoisotopic (exact) mass is 453 g/mol. The standard InChI is InChI=1S/C22H24ClN7O2/c1-22(2,3)17-11-18(30(5)28-17)27-21(31)26-15-7-6-13(10-14(15)23)32-20-19-16(24-12-25-20)8-9-29(19)4/h6-12H,1-5H3,(H2,26,27,31). The molecule has 0 saturated heterocycles. The molecule has 4 rings (SSSR count). The van der Waals surface area contributed by atoms with Crippen LogP contribution >= 0.6 is 11.6 Å². The largest absolute Gasteiger partial charge is 0.437 e. The minimum Gasteiger partial charge on any atom is -0.437 e. The quantitative estimate of drug-likeness (QED) is 0.448. The van der Waals surface area contributed by atoms with Crippen LogP contribution in [0.4, 0.5) is 16.3 Å². The minimum atomic E-state index is -0.426. The van der Waals surface area contributed by atoms with E-state index in [2.05, 4.69) is 46.5 Å². The van der Waals surface area contributed by atoms with Crippen molar-refractivity contribution in [3.05, 3.63) is 53.6 Å². The van der Waals surface area contributed by atoms with E-state index in [1.54, 1.807) is 29.9 Å². The highest BCUT2D eigenvalue weighted by atomic mass is 35.5. The van der Waals surface area contributed by atoms with Crippen LogP contribution in [0.3, 0.4) is 0 Å². The molecule has 0 unspecified atom stereocenters. The molecule has 0 aliphatic heterocycles. The van der Waals surface area contributed by atoms with Crippen molar-refractivity contribution in [3.8, 4) is 11.6 Å². The number of urea groups is 1. The smallest absolute Gasteiger partial charge is 0.324 e. The average molecular weight is 454 g/mol. The molecule has 10 heteroatoms. The summed E-state index contributed by atoms with van der Waals surface area (Å²) in [7, 11) is 3.67. The molecule has 2 N–H and O–H groups in total. The van der Waals surface area contributed by atoms with E-state index in [9.17, 15) is 4.79 Å². The molecule has 0 spiro atoms. The summed E-state index contributed by atoms with van der Waals surface area (Å²) in [6.45, 7) is 6.19. The zero-order chi connectivity index (χ0) is 23.0. The summed E-state index contributed by atoms with van der Waals surface area (Å²) < 4.78 is 9.44. The van der Waals surface area contributed by atoms with Crippen molar-refractivity contribution in [2.75, 3.05) is 10.6 Å². The molecule has 166 valence electrons. The van der Waals surface area contributed by atoms with Crippen LogP contribution in [0.1, 0.15) is 26.5 Å². The van der Waals surface area contributed by atoms with Crippen molar-refractivity contribution in [1.82, 2.24) is 24.3 Å². The van der Waals surface area contributed by atoms with E-state index in [0.717, 1.165) is 16.7 Å². The molecule has 3 aromatic heterocycles. The van der Waals surface area contributed by atoms with Crippen LogP contribution in [0.2, 0.25) is 5.02 Å². The second kappa shape index (κ2) is 8.16. The Bertz CT molecular complexity index is 1300. The maximum atomic E-state index is 12.5. The van der Waals surface area contributed by atoms with Crippen molar-refractivity contribution in [3.63, 3.8) is 0 Å². The molecule has 3 heterocycles. The predicted molar refractivity (Wildman–Crippen MR) is 125 cm³/mol. The molecule has 32 heavy (non-hydrogen) atoms. The molecule has 0 bridgehead atoms.